The molecule has 1 rings (SSSR count). The molecule has 0 saturated heterocycles. The fourth-order valence-corrected chi connectivity index (χ4v) is 1.26. The zero-order chi connectivity index (χ0) is 15.1. The predicted octanol–water partition coefficient (Wildman–Crippen LogP) is -2.57. The Kier molecular flexibility index (Phi) is 6.28. The number of nitrogens with zero attached hydrogens (tertiary/aromatic N) is 1. The zero-order valence-electron chi connectivity index (χ0n) is 10.3. The molecular weight excluding hydrogens is 272 g/mol. The third-order valence-corrected chi connectivity index (χ3v) is 2.42. The lowest BCUT2D eigenvalue weighted by molar-refractivity contribution is -0.0999. The zero-order valence-corrected chi connectivity index (χ0v) is 10.3. The molecule has 1 aromatic rings. The van der Waals surface area contributed by atoms with Crippen LogP contribution in [0.2, 0.25) is 0 Å². The van der Waals surface area contributed by atoms with Gasteiger partial charge in [0.2, 0.25) is 0 Å². The largest absolute Gasteiger partial charge is 0.459 e. The van der Waals surface area contributed by atoms with Gasteiger partial charge in [0.15, 0.2) is 5.76 Å². The summed E-state index contributed by atoms with van der Waals surface area (Å²) < 4.78 is 4.79. The van der Waals surface area contributed by atoms with E-state index in [2.05, 4.69) is 5.10 Å². The molecule has 0 spiro atoms. The lowest BCUT2D eigenvalue weighted by atomic mass is 10.0. The van der Waals surface area contributed by atoms with Crippen molar-refractivity contribution in [2.45, 2.75) is 24.4 Å². The van der Waals surface area contributed by atoms with Crippen molar-refractivity contribution >= 4 is 12.1 Å². The fourth-order valence-electron chi connectivity index (χ4n) is 1.26. The normalized spacial score (nSPS) is 17.6. The number of aliphatic hydroxyl groups is 5. The highest BCUT2D eigenvalue weighted by atomic mass is 16.4. The molecule has 0 bridgehead atoms. The van der Waals surface area contributed by atoms with Gasteiger partial charge in [-0.05, 0) is 12.1 Å². The number of rotatable bonds is 7. The van der Waals surface area contributed by atoms with Crippen LogP contribution in [-0.2, 0) is 0 Å². The van der Waals surface area contributed by atoms with Crippen LogP contribution in [0, 0.1) is 0 Å². The van der Waals surface area contributed by atoms with E-state index < -0.39 is 36.9 Å². The van der Waals surface area contributed by atoms with Crippen molar-refractivity contribution in [1.29, 1.82) is 0 Å². The minimum atomic E-state index is -1.78. The van der Waals surface area contributed by atoms with Gasteiger partial charge < -0.3 is 29.9 Å². The molecule has 9 heteroatoms. The van der Waals surface area contributed by atoms with Gasteiger partial charge in [-0.3, -0.25) is 4.79 Å². The molecule has 0 fully saturated rings. The number of carbonyl (C=O) groups excluding carboxylic acids is 1. The van der Waals surface area contributed by atoms with Crippen molar-refractivity contribution in [2.24, 2.45) is 5.10 Å². The van der Waals surface area contributed by atoms with Crippen LogP contribution >= 0.6 is 0 Å². The first-order chi connectivity index (χ1) is 9.47. The maximum Gasteiger partial charge on any atom is 0.307 e. The molecule has 0 aromatic carbocycles. The van der Waals surface area contributed by atoms with Crippen molar-refractivity contribution in [1.82, 2.24) is 5.43 Å². The van der Waals surface area contributed by atoms with E-state index >= 15 is 0 Å². The van der Waals surface area contributed by atoms with E-state index in [1.165, 1.54) is 18.4 Å². The molecule has 20 heavy (non-hydrogen) atoms. The second kappa shape index (κ2) is 7.72. The molecule has 4 atom stereocenters. The molecular formula is C11H16N2O7. The molecule has 0 saturated carbocycles. The van der Waals surface area contributed by atoms with Crippen LogP contribution in [0.3, 0.4) is 0 Å². The van der Waals surface area contributed by atoms with Gasteiger partial charge in [-0.1, -0.05) is 0 Å². The monoisotopic (exact) mass is 288 g/mol. The predicted molar refractivity (Wildman–Crippen MR) is 65.8 cm³/mol. The molecule has 0 aliphatic rings. The maximum atomic E-state index is 11.4. The van der Waals surface area contributed by atoms with Gasteiger partial charge in [0, 0.05) is 0 Å². The summed E-state index contributed by atoms with van der Waals surface area (Å²) in [5, 5.41) is 49.3. The van der Waals surface area contributed by atoms with Crippen LogP contribution in [0.1, 0.15) is 10.6 Å². The Labute approximate surface area is 113 Å². The summed E-state index contributed by atoms with van der Waals surface area (Å²) in [5.41, 5.74) is 2.03. The number of amides is 1. The van der Waals surface area contributed by atoms with Crippen molar-refractivity contribution in [3.8, 4) is 0 Å². The van der Waals surface area contributed by atoms with Crippen molar-refractivity contribution in [3.05, 3.63) is 24.2 Å². The highest BCUT2D eigenvalue weighted by Gasteiger charge is 2.29. The summed E-state index contributed by atoms with van der Waals surface area (Å²) in [5.74, 6) is -0.656. The highest BCUT2D eigenvalue weighted by Crippen LogP contribution is 2.04. The van der Waals surface area contributed by atoms with Gasteiger partial charge in [-0.2, -0.15) is 5.10 Å². The number of hydrogen-bond donors (Lipinski definition) is 6. The van der Waals surface area contributed by atoms with Gasteiger partial charge in [-0.25, -0.2) is 5.43 Å². The van der Waals surface area contributed by atoms with Crippen molar-refractivity contribution in [2.75, 3.05) is 6.61 Å². The second-order valence-corrected chi connectivity index (χ2v) is 3.92. The standard InChI is InChI=1S/C11H16N2O7/c14-5-7(16)10(18)9(17)6(15)4-12-13-11(19)8-2-1-3-20-8/h1-4,6-7,9-10,14-18H,5H2,(H,13,19)/b12-4-/t6-,7+,9-,10-/m0/s1. The fraction of sp³-hybridized carbons (Fsp3) is 0.455. The molecule has 9 nitrogen and oxygen atoms in total. The summed E-state index contributed by atoms with van der Waals surface area (Å²) in [6.07, 6.45) is -4.74. The minimum Gasteiger partial charge on any atom is -0.459 e. The molecule has 0 aliphatic carbocycles. The number of hydrogen-bond acceptors (Lipinski definition) is 8. The van der Waals surface area contributed by atoms with E-state index in [0.717, 1.165) is 6.21 Å². The van der Waals surface area contributed by atoms with Crippen LogP contribution in [0.25, 0.3) is 0 Å². The van der Waals surface area contributed by atoms with Crippen molar-refractivity contribution < 1.29 is 34.7 Å². The molecule has 112 valence electrons. The SMILES string of the molecule is O=C(N/N=C\[C@H](O)[C@H](O)[C@@H](O)[C@H](O)CO)c1ccco1. The van der Waals surface area contributed by atoms with E-state index in [-0.39, 0.29) is 5.76 Å². The molecule has 1 heterocycles. The maximum absolute atomic E-state index is 11.4. The summed E-state index contributed by atoms with van der Waals surface area (Å²) in [6, 6.07) is 2.90. The number of aliphatic hydroxyl groups excluding tert-OH is 5. The van der Waals surface area contributed by atoms with E-state index in [1.807, 2.05) is 5.43 Å². The number of furan rings is 1. The number of carbonyl (C=O) groups is 1. The average molecular weight is 288 g/mol. The summed E-state index contributed by atoms with van der Waals surface area (Å²) in [7, 11) is 0. The number of hydrazone groups is 1. The Morgan fingerprint density at radius 1 is 1.35 bits per heavy atom. The first kappa shape index (κ1) is 16.3. The Bertz CT molecular complexity index is 434. The summed E-state index contributed by atoms with van der Waals surface area (Å²) in [6.45, 7) is -0.780. The first-order valence-corrected chi connectivity index (χ1v) is 5.67. The number of nitrogens with one attached hydrogen (secondary N) is 1. The van der Waals surface area contributed by atoms with E-state index in [1.54, 1.807) is 0 Å². The average Bonchev–Trinajstić information content (AvgIpc) is 2.98. The topological polar surface area (TPSA) is 156 Å². The van der Waals surface area contributed by atoms with E-state index in [0.29, 0.717) is 0 Å². The van der Waals surface area contributed by atoms with Crippen LogP contribution in [-0.4, -0.2) is 68.7 Å². The molecule has 6 N–H and O–H groups in total. The summed E-state index contributed by atoms with van der Waals surface area (Å²) >= 11 is 0. The van der Waals surface area contributed by atoms with Crippen LogP contribution < -0.4 is 5.43 Å². The summed E-state index contributed by atoms with van der Waals surface area (Å²) in [4.78, 5) is 11.4. The Morgan fingerprint density at radius 3 is 2.60 bits per heavy atom. The molecule has 0 aliphatic heterocycles. The molecule has 0 radical (unpaired) electrons. The van der Waals surface area contributed by atoms with Crippen LogP contribution in [0.4, 0.5) is 0 Å². The van der Waals surface area contributed by atoms with Crippen LogP contribution in [0.5, 0.6) is 0 Å². The molecule has 1 amide bonds. The smallest absolute Gasteiger partial charge is 0.307 e. The second-order valence-electron chi connectivity index (χ2n) is 3.92. The highest BCUT2D eigenvalue weighted by molar-refractivity contribution is 5.91. The Hall–Kier alpha value is -1.78. The molecule has 1 aromatic heterocycles. The van der Waals surface area contributed by atoms with Gasteiger partial charge in [0.05, 0.1) is 19.1 Å². The van der Waals surface area contributed by atoms with Gasteiger partial charge in [0.1, 0.15) is 24.4 Å². The van der Waals surface area contributed by atoms with Gasteiger partial charge in [-0.15, -0.1) is 0 Å². The first-order valence-electron chi connectivity index (χ1n) is 5.67. The third-order valence-electron chi connectivity index (χ3n) is 2.42. The quantitative estimate of drug-likeness (QED) is 0.238. The van der Waals surface area contributed by atoms with Crippen molar-refractivity contribution in [3.63, 3.8) is 0 Å². The van der Waals surface area contributed by atoms with E-state index in [4.69, 9.17) is 14.6 Å². The lowest BCUT2D eigenvalue weighted by Crippen LogP contribution is -2.46. The lowest BCUT2D eigenvalue weighted by Gasteiger charge is -2.23. The Balaban J connectivity index is 2.47. The third kappa shape index (κ3) is 4.40. The van der Waals surface area contributed by atoms with Gasteiger partial charge in [0.25, 0.3) is 0 Å². The van der Waals surface area contributed by atoms with Crippen LogP contribution in [0.15, 0.2) is 27.9 Å². The van der Waals surface area contributed by atoms with Gasteiger partial charge >= 0.3 is 5.91 Å². The minimum absolute atomic E-state index is 0.00734. The Morgan fingerprint density at radius 2 is 2.05 bits per heavy atom. The van der Waals surface area contributed by atoms with E-state index in [9.17, 15) is 20.1 Å². The molecule has 0 unspecified atom stereocenters.